The van der Waals surface area contributed by atoms with Gasteiger partial charge in [-0.3, -0.25) is 4.79 Å². The lowest BCUT2D eigenvalue weighted by Gasteiger charge is -2.11. The van der Waals surface area contributed by atoms with Crippen molar-refractivity contribution in [1.29, 1.82) is 0 Å². The first-order chi connectivity index (χ1) is 8.56. The average molecular weight is 273 g/mol. The molecule has 0 aliphatic carbocycles. The number of benzene rings is 1. The molecule has 0 aliphatic rings. The Balaban J connectivity index is 2.46. The molecule has 0 aromatic heterocycles. The van der Waals surface area contributed by atoms with E-state index in [4.69, 9.17) is 17.3 Å². The summed E-state index contributed by atoms with van der Waals surface area (Å²) >= 11 is 5.63. The zero-order chi connectivity index (χ0) is 13.5. The fourth-order valence-electron chi connectivity index (χ4n) is 1.62. The van der Waals surface area contributed by atoms with E-state index in [2.05, 4.69) is 12.2 Å². The minimum Gasteiger partial charge on any atom is -0.330 e. The molecule has 0 aliphatic heterocycles. The molecule has 1 atom stereocenters. The maximum atomic E-state index is 12.9. The second kappa shape index (κ2) is 7.34. The molecule has 1 amide bonds. The van der Waals surface area contributed by atoms with E-state index in [1.807, 2.05) is 0 Å². The minimum absolute atomic E-state index is 0.00110. The maximum Gasteiger partial charge on any atom is 0.224 e. The van der Waals surface area contributed by atoms with Gasteiger partial charge in [-0.1, -0.05) is 24.9 Å². The van der Waals surface area contributed by atoms with Gasteiger partial charge >= 0.3 is 0 Å². The van der Waals surface area contributed by atoms with Crippen LogP contribution in [0.2, 0.25) is 5.02 Å². The average Bonchev–Trinajstić information content (AvgIpc) is 2.35. The molecule has 0 fully saturated rings. The summed E-state index contributed by atoms with van der Waals surface area (Å²) in [6.45, 7) is 2.64. The Hall–Kier alpha value is -1.13. The third kappa shape index (κ3) is 4.63. The summed E-state index contributed by atoms with van der Waals surface area (Å²) in [5.41, 5.74) is 6.07. The van der Waals surface area contributed by atoms with Gasteiger partial charge in [0.1, 0.15) is 5.82 Å². The van der Waals surface area contributed by atoms with E-state index >= 15 is 0 Å². The van der Waals surface area contributed by atoms with Crippen LogP contribution in [-0.4, -0.2) is 12.5 Å². The maximum absolute atomic E-state index is 12.9. The zero-order valence-electron chi connectivity index (χ0n) is 10.4. The van der Waals surface area contributed by atoms with E-state index in [1.54, 1.807) is 0 Å². The molecule has 0 radical (unpaired) electrons. The quantitative estimate of drug-likeness (QED) is 0.836. The van der Waals surface area contributed by atoms with Crippen LogP contribution in [0.1, 0.15) is 26.2 Å². The minimum atomic E-state index is -0.496. The predicted molar refractivity (Wildman–Crippen MR) is 72.1 cm³/mol. The molecule has 0 spiro atoms. The second-order valence-corrected chi connectivity index (χ2v) is 4.63. The molecule has 1 aromatic rings. The molecular weight excluding hydrogens is 255 g/mol. The SMILES string of the molecule is CCC(CN)CCC(=O)Nc1ccc(F)c(Cl)c1. The fourth-order valence-corrected chi connectivity index (χ4v) is 1.80. The van der Waals surface area contributed by atoms with Gasteiger partial charge in [0.05, 0.1) is 5.02 Å². The van der Waals surface area contributed by atoms with Gasteiger partial charge < -0.3 is 11.1 Å². The zero-order valence-corrected chi connectivity index (χ0v) is 11.1. The van der Waals surface area contributed by atoms with E-state index < -0.39 is 5.82 Å². The number of amides is 1. The first-order valence-electron chi connectivity index (χ1n) is 6.01. The lowest BCUT2D eigenvalue weighted by molar-refractivity contribution is -0.116. The van der Waals surface area contributed by atoms with Gasteiger partial charge in [0.25, 0.3) is 0 Å². The van der Waals surface area contributed by atoms with Gasteiger partial charge in [-0.05, 0) is 37.1 Å². The lowest BCUT2D eigenvalue weighted by atomic mass is 10.0. The van der Waals surface area contributed by atoms with Gasteiger partial charge in [-0.2, -0.15) is 0 Å². The molecule has 0 saturated heterocycles. The Morgan fingerprint density at radius 1 is 1.56 bits per heavy atom. The molecule has 18 heavy (non-hydrogen) atoms. The molecule has 0 bridgehead atoms. The highest BCUT2D eigenvalue weighted by atomic mass is 35.5. The highest BCUT2D eigenvalue weighted by Gasteiger charge is 2.09. The Morgan fingerprint density at radius 2 is 2.28 bits per heavy atom. The number of halogens is 2. The van der Waals surface area contributed by atoms with Crippen LogP contribution in [0.25, 0.3) is 0 Å². The van der Waals surface area contributed by atoms with Gasteiger partial charge in [0.15, 0.2) is 0 Å². The van der Waals surface area contributed by atoms with Crippen molar-refractivity contribution in [1.82, 2.24) is 0 Å². The summed E-state index contributed by atoms with van der Waals surface area (Å²) in [6, 6.07) is 4.11. The number of hydrogen-bond acceptors (Lipinski definition) is 2. The second-order valence-electron chi connectivity index (χ2n) is 4.23. The van der Waals surface area contributed by atoms with Crippen LogP contribution in [0.4, 0.5) is 10.1 Å². The Kier molecular flexibility index (Phi) is 6.09. The fraction of sp³-hybridized carbons (Fsp3) is 0.462. The summed E-state index contributed by atoms with van der Waals surface area (Å²) in [7, 11) is 0. The molecule has 0 saturated carbocycles. The number of rotatable bonds is 6. The standard InChI is InChI=1S/C13H18ClFN2O/c1-2-9(8-16)3-6-13(18)17-10-4-5-12(15)11(14)7-10/h4-5,7,9H,2-3,6,8,16H2,1H3,(H,17,18). The Labute approximate surface area is 112 Å². The number of nitrogens with one attached hydrogen (secondary N) is 1. The molecule has 0 heterocycles. The van der Waals surface area contributed by atoms with Gasteiger partial charge in [-0.25, -0.2) is 4.39 Å². The largest absolute Gasteiger partial charge is 0.330 e. The van der Waals surface area contributed by atoms with E-state index in [0.717, 1.165) is 12.8 Å². The summed E-state index contributed by atoms with van der Waals surface area (Å²) in [6.07, 6.45) is 2.13. The molecular formula is C13H18ClFN2O. The van der Waals surface area contributed by atoms with Gasteiger partial charge in [-0.15, -0.1) is 0 Å². The van der Waals surface area contributed by atoms with E-state index in [-0.39, 0.29) is 10.9 Å². The molecule has 5 heteroatoms. The monoisotopic (exact) mass is 272 g/mol. The van der Waals surface area contributed by atoms with Crippen molar-refractivity contribution in [3.8, 4) is 0 Å². The van der Waals surface area contributed by atoms with Crippen molar-refractivity contribution >= 4 is 23.2 Å². The first-order valence-corrected chi connectivity index (χ1v) is 6.39. The van der Waals surface area contributed by atoms with E-state index in [9.17, 15) is 9.18 Å². The van der Waals surface area contributed by atoms with Gasteiger partial charge in [0.2, 0.25) is 5.91 Å². The number of carbonyl (C=O) groups is 1. The normalized spacial score (nSPS) is 12.2. The summed E-state index contributed by atoms with van der Waals surface area (Å²) < 4.78 is 12.9. The number of anilines is 1. The van der Waals surface area contributed by atoms with Crippen molar-refractivity contribution in [2.75, 3.05) is 11.9 Å². The van der Waals surface area contributed by atoms with Crippen LogP contribution >= 0.6 is 11.6 Å². The van der Waals surface area contributed by atoms with E-state index in [1.165, 1.54) is 18.2 Å². The Bertz CT molecular complexity index is 408. The number of carbonyl (C=O) groups excluding carboxylic acids is 1. The number of nitrogens with two attached hydrogens (primary N) is 1. The highest BCUT2D eigenvalue weighted by molar-refractivity contribution is 6.31. The van der Waals surface area contributed by atoms with Crippen molar-refractivity contribution in [2.45, 2.75) is 26.2 Å². The third-order valence-corrected chi connectivity index (χ3v) is 3.18. The topological polar surface area (TPSA) is 55.1 Å². The van der Waals surface area contributed by atoms with Gasteiger partial charge in [0, 0.05) is 12.1 Å². The van der Waals surface area contributed by atoms with Crippen LogP contribution in [-0.2, 0) is 4.79 Å². The molecule has 1 rings (SSSR count). The third-order valence-electron chi connectivity index (χ3n) is 2.89. The summed E-state index contributed by atoms with van der Waals surface area (Å²) in [5.74, 6) is -0.235. The number of hydrogen-bond donors (Lipinski definition) is 2. The smallest absolute Gasteiger partial charge is 0.224 e. The van der Waals surface area contributed by atoms with Crippen LogP contribution < -0.4 is 11.1 Å². The lowest BCUT2D eigenvalue weighted by Crippen LogP contribution is -2.17. The molecule has 3 N–H and O–H groups in total. The molecule has 1 unspecified atom stereocenters. The van der Waals surface area contributed by atoms with Crippen LogP contribution in [0.15, 0.2) is 18.2 Å². The van der Waals surface area contributed by atoms with Crippen LogP contribution in [0.5, 0.6) is 0 Å². The van der Waals surface area contributed by atoms with Crippen molar-refractivity contribution in [3.05, 3.63) is 29.0 Å². The Morgan fingerprint density at radius 3 is 2.83 bits per heavy atom. The highest BCUT2D eigenvalue weighted by Crippen LogP contribution is 2.19. The van der Waals surface area contributed by atoms with Crippen molar-refractivity contribution in [3.63, 3.8) is 0 Å². The van der Waals surface area contributed by atoms with E-state index in [0.29, 0.717) is 24.6 Å². The van der Waals surface area contributed by atoms with Crippen molar-refractivity contribution < 1.29 is 9.18 Å². The summed E-state index contributed by atoms with van der Waals surface area (Å²) in [4.78, 5) is 11.7. The van der Waals surface area contributed by atoms with Crippen molar-refractivity contribution in [2.24, 2.45) is 11.7 Å². The molecule has 3 nitrogen and oxygen atoms in total. The van der Waals surface area contributed by atoms with Crippen LogP contribution in [0.3, 0.4) is 0 Å². The molecule has 100 valence electrons. The van der Waals surface area contributed by atoms with Crippen LogP contribution in [0, 0.1) is 11.7 Å². The first kappa shape index (κ1) is 14.9. The predicted octanol–water partition coefficient (Wildman–Crippen LogP) is 3.18. The summed E-state index contributed by atoms with van der Waals surface area (Å²) in [5, 5.41) is 2.68. The molecule has 1 aromatic carbocycles.